The smallest absolute Gasteiger partial charge is 0.255 e. The predicted molar refractivity (Wildman–Crippen MR) is 85.1 cm³/mol. The first kappa shape index (κ1) is 14.1. The number of likely N-dealkylation sites (tertiary alicyclic amines) is 1. The molecule has 0 spiro atoms. The molecule has 0 bridgehead atoms. The summed E-state index contributed by atoms with van der Waals surface area (Å²) in [5.41, 5.74) is 1.12. The van der Waals surface area contributed by atoms with Gasteiger partial charge in [0, 0.05) is 24.7 Å². The highest BCUT2D eigenvalue weighted by Crippen LogP contribution is 2.24. The highest BCUT2D eigenvalue weighted by molar-refractivity contribution is 5.85. The standard InChI is InChI=1S/C17H22N2O2/c1-3-12-11-18-17(20)15-5-4-14(10-16(12)15)21-13-6-8-19(2)9-7-13/h4-5,10-11,13H,3,6-9H2,1-2H3,(H,18,20). The number of H-pyrrole nitrogens is 1. The molecule has 1 aliphatic heterocycles. The van der Waals surface area contributed by atoms with Crippen LogP contribution in [0.3, 0.4) is 0 Å². The number of nitrogens with zero attached hydrogens (tertiary/aromatic N) is 1. The van der Waals surface area contributed by atoms with Gasteiger partial charge in [-0.2, -0.15) is 0 Å². The lowest BCUT2D eigenvalue weighted by Crippen LogP contribution is -2.35. The van der Waals surface area contributed by atoms with E-state index in [2.05, 4.69) is 23.9 Å². The van der Waals surface area contributed by atoms with Gasteiger partial charge in [0.25, 0.3) is 5.56 Å². The molecule has 0 radical (unpaired) electrons. The molecular formula is C17H22N2O2. The summed E-state index contributed by atoms with van der Waals surface area (Å²) in [6.45, 7) is 4.26. The van der Waals surface area contributed by atoms with Crippen LogP contribution >= 0.6 is 0 Å². The molecule has 0 aliphatic carbocycles. The van der Waals surface area contributed by atoms with Crippen LogP contribution in [-0.4, -0.2) is 36.1 Å². The number of aromatic nitrogens is 1. The Kier molecular flexibility index (Phi) is 3.97. The molecule has 21 heavy (non-hydrogen) atoms. The van der Waals surface area contributed by atoms with Gasteiger partial charge in [-0.05, 0) is 55.5 Å². The van der Waals surface area contributed by atoms with Crippen molar-refractivity contribution < 1.29 is 4.74 Å². The van der Waals surface area contributed by atoms with Crippen molar-refractivity contribution in [1.29, 1.82) is 0 Å². The molecule has 1 N–H and O–H groups in total. The number of hydrogen-bond acceptors (Lipinski definition) is 3. The van der Waals surface area contributed by atoms with Crippen LogP contribution in [-0.2, 0) is 6.42 Å². The maximum Gasteiger partial charge on any atom is 0.255 e. The Hall–Kier alpha value is -1.81. The first-order valence-corrected chi connectivity index (χ1v) is 7.67. The fourth-order valence-corrected chi connectivity index (χ4v) is 2.96. The molecule has 112 valence electrons. The van der Waals surface area contributed by atoms with Crippen molar-refractivity contribution in [2.24, 2.45) is 0 Å². The number of ether oxygens (including phenoxy) is 1. The topological polar surface area (TPSA) is 45.3 Å². The lowest BCUT2D eigenvalue weighted by molar-refractivity contribution is 0.114. The molecule has 1 saturated heterocycles. The van der Waals surface area contributed by atoms with Crippen LogP contribution in [0.2, 0.25) is 0 Å². The third-order valence-corrected chi connectivity index (χ3v) is 4.31. The largest absolute Gasteiger partial charge is 0.490 e. The SMILES string of the molecule is CCc1c[nH]c(=O)c2ccc(OC3CCN(C)CC3)cc12. The lowest BCUT2D eigenvalue weighted by atomic mass is 10.1. The number of piperidine rings is 1. The summed E-state index contributed by atoms with van der Waals surface area (Å²) in [6.07, 6.45) is 5.11. The van der Waals surface area contributed by atoms with Crippen LogP contribution in [0.1, 0.15) is 25.3 Å². The van der Waals surface area contributed by atoms with Crippen molar-refractivity contribution in [1.82, 2.24) is 9.88 Å². The minimum atomic E-state index is -0.0342. The van der Waals surface area contributed by atoms with E-state index in [0.29, 0.717) is 0 Å². The molecule has 1 aromatic carbocycles. The van der Waals surface area contributed by atoms with Gasteiger partial charge in [0.05, 0.1) is 0 Å². The maximum atomic E-state index is 11.9. The highest BCUT2D eigenvalue weighted by atomic mass is 16.5. The highest BCUT2D eigenvalue weighted by Gasteiger charge is 2.18. The number of hydrogen-bond donors (Lipinski definition) is 1. The molecule has 2 heterocycles. The van der Waals surface area contributed by atoms with E-state index in [1.165, 1.54) is 0 Å². The Bertz CT molecular complexity index is 685. The van der Waals surface area contributed by atoms with Crippen molar-refractivity contribution in [3.8, 4) is 5.75 Å². The maximum absolute atomic E-state index is 11.9. The molecule has 0 saturated carbocycles. The molecule has 2 aromatic rings. The monoisotopic (exact) mass is 286 g/mol. The number of pyridine rings is 1. The van der Waals surface area contributed by atoms with Gasteiger partial charge >= 0.3 is 0 Å². The number of aromatic amines is 1. The minimum absolute atomic E-state index is 0.0342. The van der Waals surface area contributed by atoms with E-state index in [4.69, 9.17) is 4.74 Å². The summed E-state index contributed by atoms with van der Waals surface area (Å²) in [5.74, 6) is 0.873. The first-order chi connectivity index (χ1) is 10.2. The van der Waals surface area contributed by atoms with Crippen LogP contribution in [0, 0.1) is 0 Å². The Balaban J connectivity index is 1.88. The Labute approximate surface area is 124 Å². The fraction of sp³-hybridized carbons (Fsp3) is 0.471. The Morgan fingerprint density at radius 1 is 1.29 bits per heavy atom. The molecule has 0 amide bonds. The quantitative estimate of drug-likeness (QED) is 0.943. The average Bonchev–Trinajstić information content (AvgIpc) is 2.50. The van der Waals surface area contributed by atoms with Crippen molar-refractivity contribution in [2.75, 3.05) is 20.1 Å². The zero-order chi connectivity index (χ0) is 14.8. The van der Waals surface area contributed by atoms with E-state index in [1.54, 1.807) is 0 Å². The fourth-order valence-electron chi connectivity index (χ4n) is 2.96. The zero-order valence-corrected chi connectivity index (χ0v) is 12.7. The van der Waals surface area contributed by atoms with Crippen LogP contribution in [0.15, 0.2) is 29.2 Å². The summed E-state index contributed by atoms with van der Waals surface area (Å²) in [6, 6.07) is 5.80. The van der Waals surface area contributed by atoms with E-state index in [-0.39, 0.29) is 11.7 Å². The van der Waals surface area contributed by atoms with Crippen LogP contribution in [0.4, 0.5) is 0 Å². The summed E-state index contributed by atoms with van der Waals surface area (Å²) in [4.78, 5) is 17.0. The van der Waals surface area contributed by atoms with Crippen LogP contribution in [0.25, 0.3) is 10.8 Å². The molecule has 4 nitrogen and oxygen atoms in total. The number of benzene rings is 1. The van der Waals surface area contributed by atoms with Gasteiger partial charge in [0.2, 0.25) is 0 Å². The van der Waals surface area contributed by atoms with Gasteiger partial charge in [-0.15, -0.1) is 0 Å². The molecule has 4 heteroatoms. The van der Waals surface area contributed by atoms with Crippen molar-refractivity contribution in [3.05, 3.63) is 40.3 Å². The summed E-state index contributed by atoms with van der Waals surface area (Å²) in [7, 11) is 2.14. The van der Waals surface area contributed by atoms with Gasteiger partial charge in [-0.1, -0.05) is 6.92 Å². The molecule has 1 fully saturated rings. The Morgan fingerprint density at radius 3 is 2.76 bits per heavy atom. The van der Waals surface area contributed by atoms with Crippen LogP contribution in [0.5, 0.6) is 5.75 Å². The molecule has 3 rings (SSSR count). The van der Waals surface area contributed by atoms with E-state index in [0.717, 1.165) is 54.4 Å². The molecule has 1 aromatic heterocycles. The third-order valence-electron chi connectivity index (χ3n) is 4.31. The van der Waals surface area contributed by atoms with E-state index in [9.17, 15) is 4.79 Å². The van der Waals surface area contributed by atoms with Gasteiger partial charge in [0.15, 0.2) is 0 Å². The predicted octanol–water partition coefficient (Wildman–Crippen LogP) is 2.56. The second-order valence-electron chi connectivity index (χ2n) is 5.82. The normalized spacial score (nSPS) is 17.2. The average molecular weight is 286 g/mol. The second-order valence-corrected chi connectivity index (χ2v) is 5.82. The summed E-state index contributed by atoms with van der Waals surface area (Å²) < 4.78 is 6.11. The molecule has 0 unspecified atom stereocenters. The lowest BCUT2D eigenvalue weighted by Gasteiger charge is -2.29. The van der Waals surface area contributed by atoms with Gasteiger partial charge < -0.3 is 14.6 Å². The van der Waals surface area contributed by atoms with Crippen LogP contribution < -0.4 is 10.3 Å². The third kappa shape index (κ3) is 2.95. The minimum Gasteiger partial charge on any atom is -0.490 e. The summed E-state index contributed by atoms with van der Waals surface area (Å²) >= 11 is 0. The van der Waals surface area contributed by atoms with E-state index < -0.39 is 0 Å². The van der Waals surface area contributed by atoms with E-state index >= 15 is 0 Å². The van der Waals surface area contributed by atoms with Crippen molar-refractivity contribution in [3.63, 3.8) is 0 Å². The number of rotatable bonds is 3. The van der Waals surface area contributed by atoms with Crippen molar-refractivity contribution in [2.45, 2.75) is 32.3 Å². The summed E-state index contributed by atoms with van der Waals surface area (Å²) in [5, 5.41) is 1.75. The molecular weight excluding hydrogens is 264 g/mol. The zero-order valence-electron chi connectivity index (χ0n) is 12.7. The number of nitrogens with one attached hydrogen (secondary N) is 1. The molecule has 0 atom stereocenters. The van der Waals surface area contributed by atoms with E-state index in [1.807, 2.05) is 24.4 Å². The van der Waals surface area contributed by atoms with Gasteiger partial charge in [-0.3, -0.25) is 4.79 Å². The van der Waals surface area contributed by atoms with Gasteiger partial charge in [-0.25, -0.2) is 0 Å². The Morgan fingerprint density at radius 2 is 2.05 bits per heavy atom. The number of fused-ring (bicyclic) bond motifs is 1. The number of aryl methyl sites for hydroxylation is 1. The second kappa shape index (κ2) is 5.90. The van der Waals surface area contributed by atoms with Crippen molar-refractivity contribution >= 4 is 10.8 Å². The van der Waals surface area contributed by atoms with Gasteiger partial charge in [0.1, 0.15) is 11.9 Å². The first-order valence-electron chi connectivity index (χ1n) is 7.67. The molecule has 1 aliphatic rings.